The van der Waals surface area contributed by atoms with Gasteiger partial charge in [-0.15, -0.1) is 0 Å². The van der Waals surface area contributed by atoms with Crippen molar-refractivity contribution in [3.8, 4) is 0 Å². The maximum Gasteiger partial charge on any atom is 0.269 e. The lowest BCUT2D eigenvalue weighted by Gasteiger charge is -2.29. The molecule has 24 heavy (non-hydrogen) atoms. The van der Waals surface area contributed by atoms with Crippen molar-refractivity contribution in [2.24, 2.45) is 0 Å². The van der Waals surface area contributed by atoms with Crippen LogP contribution in [0.15, 0.2) is 30.5 Å². The van der Waals surface area contributed by atoms with Gasteiger partial charge in [0.1, 0.15) is 5.69 Å². The number of morpholine rings is 1. The molecule has 1 amide bonds. The molecule has 0 saturated carbocycles. The molecule has 2 aromatic heterocycles. The average molecular weight is 329 g/mol. The Morgan fingerprint density at radius 2 is 2.12 bits per heavy atom. The lowest BCUT2D eigenvalue weighted by molar-refractivity contribution is 0.0822. The Balaban J connectivity index is 1.68. The van der Waals surface area contributed by atoms with Gasteiger partial charge in [-0.3, -0.25) is 4.79 Å². The van der Waals surface area contributed by atoms with E-state index < -0.39 is 0 Å². The van der Waals surface area contributed by atoms with Gasteiger partial charge in [0.25, 0.3) is 5.91 Å². The number of nitrogens with zero attached hydrogens (tertiary/aromatic N) is 3. The van der Waals surface area contributed by atoms with E-state index in [1.165, 1.54) is 0 Å². The second-order valence-corrected chi connectivity index (χ2v) is 5.92. The zero-order valence-electron chi connectivity index (χ0n) is 14.1. The van der Waals surface area contributed by atoms with Crippen molar-refractivity contribution >= 4 is 17.4 Å². The van der Waals surface area contributed by atoms with Crippen LogP contribution >= 0.6 is 0 Å². The fourth-order valence-electron chi connectivity index (χ4n) is 2.66. The van der Waals surface area contributed by atoms with E-state index >= 15 is 0 Å². The maximum atomic E-state index is 11.9. The average Bonchev–Trinajstić information content (AvgIpc) is 3.09. The summed E-state index contributed by atoms with van der Waals surface area (Å²) in [6.07, 6.45) is 1.80. The number of carbonyl (C=O) groups excluding carboxylic acids is 1. The first-order chi connectivity index (χ1) is 11.6. The van der Waals surface area contributed by atoms with Crippen molar-refractivity contribution in [3.63, 3.8) is 0 Å². The van der Waals surface area contributed by atoms with E-state index in [4.69, 9.17) is 4.74 Å². The van der Waals surface area contributed by atoms with Gasteiger partial charge in [0.15, 0.2) is 5.82 Å². The topological polar surface area (TPSA) is 73.5 Å². The summed E-state index contributed by atoms with van der Waals surface area (Å²) in [6, 6.07) is 7.68. The predicted octanol–water partition coefficient (Wildman–Crippen LogP) is 1.56. The number of rotatable bonds is 5. The SMILES string of the molecule is CN(C)C(=O)c1ccc(CNc2cccnc2N2CCOCC2)[nH]1. The van der Waals surface area contributed by atoms with E-state index in [1.807, 2.05) is 24.3 Å². The molecule has 0 radical (unpaired) electrons. The highest BCUT2D eigenvalue weighted by atomic mass is 16.5. The molecular weight excluding hydrogens is 306 g/mol. The number of H-pyrrole nitrogens is 1. The van der Waals surface area contributed by atoms with Gasteiger partial charge in [0.2, 0.25) is 0 Å². The Morgan fingerprint density at radius 1 is 1.33 bits per heavy atom. The van der Waals surface area contributed by atoms with Gasteiger partial charge in [0, 0.05) is 39.1 Å². The molecule has 2 aromatic rings. The fraction of sp³-hybridized carbons (Fsp3) is 0.412. The Bertz CT molecular complexity index is 692. The number of carbonyl (C=O) groups is 1. The van der Waals surface area contributed by atoms with Crippen LogP contribution in [0.4, 0.5) is 11.5 Å². The number of aromatic amines is 1. The molecule has 0 atom stereocenters. The van der Waals surface area contributed by atoms with Crippen molar-refractivity contribution in [2.45, 2.75) is 6.54 Å². The molecule has 2 N–H and O–H groups in total. The van der Waals surface area contributed by atoms with Crippen molar-refractivity contribution in [3.05, 3.63) is 41.9 Å². The van der Waals surface area contributed by atoms with Crippen LogP contribution < -0.4 is 10.2 Å². The lowest BCUT2D eigenvalue weighted by atomic mass is 10.3. The van der Waals surface area contributed by atoms with Gasteiger partial charge < -0.3 is 24.8 Å². The standard InChI is InChI=1S/C17H23N5O2/c1-21(2)17(23)15-6-5-13(20-15)12-19-14-4-3-7-18-16(14)22-8-10-24-11-9-22/h3-7,19-20H,8-12H2,1-2H3. The third-order valence-corrected chi connectivity index (χ3v) is 3.95. The molecule has 0 spiro atoms. The Hall–Kier alpha value is -2.54. The molecule has 1 saturated heterocycles. The summed E-state index contributed by atoms with van der Waals surface area (Å²) >= 11 is 0. The summed E-state index contributed by atoms with van der Waals surface area (Å²) in [5.74, 6) is 0.911. The largest absolute Gasteiger partial charge is 0.378 e. The summed E-state index contributed by atoms with van der Waals surface area (Å²) in [4.78, 5) is 23.4. The minimum Gasteiger partial charge on any atom is -0.378 e. The summed E-state index contributed by atoms with van der Waals surface area (Å²) in [5.41, 5.74) is 2.53. The van der Waals surface area contributed by atoms with Gasteiger partial charge >= 0.3 is 0 Å². The lowest BCUT2D eigenvalue weighted by Crippen LogP contribution is -2.37. The van der Waals surface area contributed by atoms with Crippen molar-refractivity contribution in [1.29, 1.82) is 0 Å². The van der Waals surface area contributed by atoms with Crippen LogP contribution in [0.3, 0.4) is 0 Å². The number of aromatic nitrogens is 2. The summed E-state index contributed by atoms with van der Waals surface area (Å²) < 4.78 is 5.40. The third-order valence-electron chi connectivity index (χ3n) is 3.95. The molecule has 0 aromatic carbocycles. The van der Waals surface area contributed by atoms with E-state index in [1.54, 1.807) is 25.2 Å². The van der Waals surface area contributed by atoms with Gasteiger partial charge in [-0.05, 0) is 24.3 Å². The van der Waals surface area contributed by atoms with E-state index in [-0.39, 0.29) is 5.91 Å². The first-order valence-electron chi connectivity index (χ1n) is 8.06. The van der Waals surface area contributed by atoms with Crippen molar-refractivity contribution < 1.29 is 9.53 Å². The summed E-state index contributed by atoms with van der Waals surface area (Å²) in [6.45, 7) is 3.74. The molecule has 1 aliphatic rings. The van der Waals surface area contributed by atoms with Crippen LogP contribution in [0.1, 0.15) is 16.2 Å². The Labute approximate surface area is 141 Å². The quantitative estimate of drug-likeness (QED) is 0.871. The zero-order valence-corrected chi connectivity index (χ0v) is 14.1. The maximum absolute atomic E-state index is 11.9. The highest BCUT2D eigenvalue weighted by Gasteiger charge is 2.16. The normalized spacial score (nSPS) is 14.5. The molecule has 1 aliphatic heterocycles. The number of pyridine rings is 1. The smallest absolute Gasteiger partial charge is 0.269 e. The molecule has 0 bridgehead atoms. The van der Waals surface area contributed by atoms with Gasteiger partial charge in [0.05, 0.1) is 25.4 Å². The Kier molecular flexibility index (Phi) is 5.00. The zero-order chi connectivity index (χ0) is 16.9. The number of nitrogens with one attached hydrogen (secondary N) is 2. The van der Waals surface area contributed by atoms with E-state index in [2.05, 4.69) is 20.2 Å². The van der Waals surface area contributed by atoms with Crippen molar-refractivity contribution in [2.75, 3.05) is 50.6 Å². The summed E-state index contributed by atoms with van der Waals surface area (Å²) in [5, 5.41) is 3.41. The Morgan fingerprint density at radius 3 is 2.88 bits per heavy atom. The second-order valence-electron chi connectivity index (χ2n) is 5.92. The first-order valence-corrected chi connectivity index (χ1v) is 8.06. The second kappa shape index (κ2) is 7.35. The van der Waals surface area contributed by atoms with Gasteiger partial charge in [-0.2, -0.15) is 0 Å². The third kappa shape index (κ3) is 3.68. The molecule has 0 unspecified atom stereocenters. The van der Waals surface area contributed by atoms with Crippen LogP contribution in [-0.4, -0.2) is 61.2 Å². The minimum atomic E-state index is -0.0309. The molecule has 7 nitrogen and oxygen atoms in total. The van der Waals surface area contributed by atoms with Gasteiger partial charge in [-0.1, -0.05) is 0 Å². The van der Waals surface area contributed by atoms with Crippen molar-refractivity contribution in [1.82, 2.24) is 14.9 Å². The van der Waals surface area contributed by atoms with E-state index in [0.29, 0.717) is 12.2 Å². The van der Waals surface area contributed by atoms with E-state index in [9.17, 15) is 4.79 Å². The molecule has 3 heterocycles. The number of hydrogen-bond acceptors (Lipinski definition) is 5. The molecule has 128 valence electrons. The molecule has 3 rings (SSSR count). The highest BCUT2D eigenvalue weighted by Crippen LogP contribution is 2.24. The van der Waals surface area contributed by atoms with Gasteiger partial charge in [-0.25, -0.2) is 4.98 Å². The van der Waals surface area contributed by atoms with Crippen LogP contribution in [0.5, 0.6) is 0 Å². The highest BCUT2D eigenvalue weighted by molar-refractivity contribution is 5.92. The number of hydrogen-bond donors (Lipinski definition) is 2. The van der Waals surface area contributed by atoms with Crippen LogP contribution in [0.25, 0.3) is 0 Å². The number of amides is 1. The predicted molar refractivity (Wildman–Crippen MR) is 93.4 cm³/mol. The first kappa shape index (κ1) is 16.3. The number of anilines is 2. The van der Waals surface area contributed by atoms with E-state index in [0.717, 1.165) is 43.5 Å². The van der Waals surface area contributed by atoms with Crippen LogP contribution in [-0.2, 0) is 11.3 Å². The fourth-order valence-corrected chi connectivity index (χ4v) is 2.66. The van der Waals surface area contributed by atoms with Crippen LogP contribution in [0.2, 0.25) is 0 Å². The monoisotopic (exact) mass is 329 g/mol. The molecule has 7 heteroatoms. The minimum absolute atomic E-state index is 0.0309. The van der Waals surface area contributed by atoms with Crippen LogP contribution in [0, 0.1) is 0 Å². The number of ether oxygens (including phenoxy) is 1. The summed E-state index contributed by atoms with van der Waals surface area (Å²) in [7, 11) is 3.48. The molecular formula is C17H23N5O2. The molecule has 0 aliphatic carbocycles. The molecule has 1 fully saturated rings.